The van der Waals surface area contributed by atoms with Crippen molar-refractivity contribution in [1.29, 1.82) is 0 Å². The number of aryl methyl sites for hydroxylation is 3. The molecule has 0 spiro atoms. The van der Waals surface area contributed by atoms with Crippen LogP contribution in [0.15, 0.2) is 45.7 Å². The highest BCUT2D eigenvalue weighted by atomic mass is 79.9. The Labute approximate surface area is 188 Å². The van der Waals surface area contributed by atoms with Crippen molar-refractivity contribution in [1.82, 2.24) is 29.6 Å². The summed E-state index contributed by atoms with van der Waals surface area (Å²) in [5, 5.41) is 12.4. The number of nitrogens with zero attached hydrogens (tertiary/aromatic N) is 6. The summed E-state index contributed by atoms with van der Waals surface area (Å²) in [7, 11) is 3.52. The Morgan fingerprint density at radius 3 is 2.42 bits per heavy atom. The predicted molar refractivity (Wildman–Crippen MR) is 121 cm³/mol. The molecule has 31 heavy (non-hydrogen) atoms. The summed E-state index contributed by atoms with van der Waals surface area (Å²) in [6.07, 6.45) is 0. The summed E-state index contributed by atoms with van der Waals surface area (Å²) in [5.41, 5.74) is 6.47. The highest BCUT2D eigenvalue weighted by Gasteiger charge is 2.16. The van der Waals surface area contributed by atoms with E-state index in [0.717, 1.165) is 38.3 Å². The van der Waals surface area contributed by atoms with Gasteiger partial charge in [0.2, 0.25) is 0 Å². The lowest BCUT2D eigenvalue weighted by atomic mass is 10.0. The predicted octanol–water partition coefficient (Wildman–Crippen LogP) is 3.63. The third kappa shape index (κ3) is 3.81. The van der Waals surface area contributed by atoms with Crippen molar-refractivity contribution in [3.8, 4) is 22.7 Å². The molecule has 0 bridgehead atoms. The lowest BCUT2D eigenvalue weighted by Gasteiger charge is -2.14. The van der Waals surface area contributed by atoms with E-state index in [-0.39, 0.29) is 12.3 Å². The fraction of sp³-hybridized carbons (Fsp3) is 0.273. The average molecular weight is 483 g/mol. The van der Waals surface area contributed by atoms with Gasteiger partial charge in [0.05, 0.1) is 11.4 Å². The first-order valence-corrected chi connectivity index (χ1v) is 10.6. The van der Waals surface area contributed by atoms with Crippen molar-refractivity contribution in [3.05, 3.63) is 73.7 Å². The highest BCUT2D eigenvalue weighted by molar-refractivity contribution is 9.10. The quantitative estimate of drug-likeness (QED) is 0.433. The van der Waals surface area contributed by atoms with Crippen LogP contribution < -0.4 is 10.4 Å². The number of hydrogen-bond donors (Lipinski definition) is 0. The maximum atomic E-state index is 12.3. The molecule has 0 amide bonds. The summed E-state index contributed by atoms with van der Waals surface area (Å²) < 4.78 is 11.3. The van der Waals surface area contributed by atoms with Crippen LogP contribution in [0.3, 0.4) is 0 Å². The van der Waals surface area contributed by atoms with Crippen molar-refractivity contribution in [2.75, 3.05) is 0 Å². The van der Waals surface area contributed by atoms with Gasteiger partial charge < -0.3 is 4.74 Å². The molecule has 0 radical (unpaired) electrons. The van der Waals surface area contributed by atoms with Gasteiger partial charge in [0.1, 0.15) is 12.4 Å². The number of tetrazole rings is 1. The molecule has 0 saturated heterocycles. The normalized spacial score (nSPS) is 11.2. The van der Waals surface area contributed by atoms with Gasteiger partial charge in [-0.1, -0.05) is 22.0 Å². The monoisotopic (exact) mass is 482 g/mol. The van der Waals surface area contributed by atoms with E-state index in [0.29, 0.717) is 5.69 Å². The average Bonchev–Trinajstić information content (AvgIpc) is 3.21. The number of halogens is 1. The second-order valence-electron chi connectivity index (χ2n) is 7.49. The van der Waals surface area contributed by atoms with Crippen LogP contribution in [0.5, 0.6) is 5.75 Å². The van der Waals surface area contributed by atoms with E-state index in [2.05, 4.69) is 51.4 Å². The van der Waals surface area contributed by atoms with E-state index < -0.39 is 0 Å². The SMILES string of the molecule is Cc1cc(-c2nn(C)c(C)c2C)ccc1OCc1c(Br)cccc1-n1nnn(C)c1=O. The van der Waals surface area contributed by atoms with E-state index in [4.69, 9.17) is 4.74 Å². The smallest absolute Gasteiger partial charge is 0.368 e. The van der Waals surface area contributed by atoms with Crippen LogP contribution >= 0.6 is 15.9 Å². The lowest BCUT2D eigenvalue weighted by Crippen LogP contribution is -2.23. The van der Waals surface area contributed by atoms with Crippen molar-refractivity contribution in [2.24, 2.45) is 14.1 Å². The van der Waals surface area contributed by atoms with Gasteiger partial charge in [-0.3, -0.25) is 4.68 Å². The molecule has 0 aliphatic heterocycles. The van der Waals surface area contributed by atoms with Crippen LogP contribution in [0.1, 0.15) is 22.4 Å². The molecule has 0 saturated carbocycles. The van der Waals surface area contributed by atoms with Crippen molar-refractivity contribution in [3.63, 3.8) is 0 Å². The molecule has 9 heteroatoms. The van der Waals surface area contributed by atoms with Crippen LogP contribution in [0, 0.1) is 20.8 Å². The minimum Gasteiger partial charge on any atom is -0.489 e. The number of rotatable bonds is 5. The van der Waals surface area contributed by atoms with Gasteiger partial charge in [-0.05, 0) is 72.7 Å². The molecule has 2 heterocycles. The third-order valence-corrected chi connectivity index (χ3v) is 6.24. The first-order valence-electron chi connectivity index (χ1n) is 9.78. The summed E-state index contributed by atoms with van der Waals surface area (Å²) >= 11 is 3.57. The van der Waals surface area contributed by atoms with Gasteiger partial charge in [0, 0.05) is 35.4 Å². The second-order valence-corrected chi connectivity index (χ2v) is 8.34. The molecular formula is C22H23BrN6O2. The Kier molecular flexibility index (Phi) is 5.53. The second kappa shape index (κ2) is 8.14. The Morgan fingerprint density at radius 2 is 1.81 bits per heavy atom. The van der Waals surface area contributed by atoms with Crippen molar-refractivity contribution < 1.29 is 4.74 Å². The Bertz CT molecular complexity index is 1330. The maximum Gasteiger partial charge on any atom is 0.368 e. The first-order chi connectivity index (χ1) is 14.8. The standard InChI is InChI=1S/C22H23BrN6O2/c1-13-11-16(21-14(2)15(3)27(4)24-21)9-10-20(13)31-12-17-18(23)7-6-8-19(17)29-22(30)28(5)25-26-29/h6-11H,12H2,1-5H3. The van der Waals surface area contributed by atoms with E-state index in [1.165, 1.54) is 14.9 Å². The number of benzene rings is 2. The molecule has 2 aromatic carbocycles. The van der Waals surface area contributed by atoms with Gasteiger partial charge in [0.15, 0.2) is 0 Å². The molecule has 160 valence electrons. The molecule has 0 aliphatic rings. The summed E-state index contributed by atoms with van der Waals surface area (Å²) in [6.45, 7) is 6.42. The minimum absolute atomic E-state index is 0.266. The lowest BCUT2D eigenvalue weighted by molar-refractivity contribution is 0.302. The molecule has 2 aromatic heterocycles. The zero-order chi connectivity index (χ0) is 22.3. The summed E-state index contributed by atoms with van der Waals surface area (Å²) in [4.78, 5) is 12.3. The molecule has 0 atom stereocenters. The Hall–Kier alpha value is -3.20. The molecule has 0 unspecified atom stereocenters. The van der Waals surface area contributed by atoms with Crippen molar-refractivity contribution in [2.45, 2.75) is 27.4 Å². The fourth-order valence-electron chi connectivity index (χ4n) is 3.45. The van der Waals surface area contributed by atoms with Gasteiger partial charge in [-0.25, -0.2) is 4.79 Å². The zero-order valence-electron chi connectivity index (χ0n) is 18.0. The van der Waals surface area contributed by atoms with Gasteiger partial charge in [0.25, 0.3) is 0 Å². The van der Waals surface area contributed by atoms with Crippen molar-refractivity contribution >= 4 is 15.9 Å². The highest BCUT2D eigenvalue weighted by Crippen LogP contribution is 2.30. The van der Waals surface area contributed by atoms with Crippen LogP contribution in [0.4, 0.5) is 0 Å². The summed E-state index contributed by atoms with van der Waals surface area (Å²) in [5.74, 6) is 0.766. The number of hydrogen-bond acceptors (Lipinski definition) is 5. The van der Waals surface area contributed by atoms with Crippen LogP contribution in [-0.4, -0.2) is 29.6 Å². The van der Waals surface area contributed by atoms with Gasteiger partial charge >= 0.3 is 5.69 Å². The molecular weight excluding hydrogens is 460 g/mol. The Balaban J connectivity index is 1.63. The van der Waals surface area contributed by atoms with E-state index in [9.17, 15) is 4.79 Å². The molecule has 4 aromatic rings. The van der Waals surface area contributed by atoms with Gasteiger partial charge in [-0.2, -0.15) is 14.5 Å². The van der Waals surface area contributed by atoms with Gasteiger partial charge in [-0.15, -0.1) is 0 Å². The van der Waals surface area contributed by atoms with Crippen LogP contribution in [-0.2, 0) is 20.7 Å². The molecule has 4 rings (SSSR count). The van der Waals surface area contributed by atoms with Crippen LogP contribution in [0.25, 0.3) is 16.9 Å². The Morgan fingerprint density at radius 1 is 1.03 bits per heavy atom. The first kappa shape index (κ1) is 21.0. The molecule has 8 nitrogen and oxygen atoms in total. The van der Waals surface area contributed by atoms with E-state index in [1.807, 2.05) is 49.0 Å². The fourth-order valence-corrected chi connectivity index (χ4v) is 3.92. The minimum atomic E-state index is -0.319. The molecule has 0 fully saturated rings. The van der Waals surface area contributed by atoms with E-state index in [1.54, 1.807) is 7.05 Å². The summed E-state index contributed by atoms with van der Waals surface area (Å²) in [6, 6.07) is 11.6. The largest absolute Gasteiger partial charge is 0.489 e. The topological polar surface area (TPSA) is 79.8 Å². The number of ether oxygens (including phenoxy) is 1. The molecule has 0 aliphatic carbocycles. The third-order valence-electron chi connectivity index (χ3n) is 5.50. The molecule has 0 N–H and O–H groups in total. The number of aromatic nitrogens is 6. The van der Waals surface area contributed by atoms with Crippen LogP contribution in [0.2, 0.25) is 0 Å². The van der Waals surface area contributed by atoms with E-state index >= 15 is 0 Å². The zero-order valence-corrected chi connectivity index (χ0v) is 19.6. The maximum absolute atomic E-state index is 12.3.